The summed E-state index contributed by atoms with van der Waals surface area (Å²) in [5, 5.41) is 12.3. The molecule has 0 spiro atoms. The summed E-state index contributed by atoms with van der Waals surface area (Å²) < 4.78 is 0. The molecule has 2 bridgehead atoms. The average Bonchev–Trinajstić information content (AvgIpc) is 2.72. The fourth-order valence-electron chi connectivity index (χ4n) is 3.27. The molecule has 1 nitrogen and oxygen atoms in total. The summed E-state index contributed by atoms with van der Waals surface area (Å²) in [6, 6.07) is 5.90. The standard InChI is InChI=1S/C16H18Cl2OS/c1-2-3-11-12(7-10-8-15(19)16(11)20-10)9-4-5-13(17)14(18)6-9/h4-6,10,15-16,19H,2-3,7-8H2,1H3/t10?,15?,16-/m1/s1. The topological polar surface area (TPSA) is 20.2 Å². The third kappa shape index (κ3) is 2.64. The van der Waals surface area contributed by atoms with Crippen LogP contribution >= 0.6 is 35.0 Å². The molecule has 0 aliphatic carbocycles. The Balaban J connectivity index is 2.05. The van der Waals surface area contributed by atoms with Gasteiger partial charge < -0.3 is 5.11 Å². The molecule has 1 aromatic rings. The molecule has 0 saturated carbocycles. The molecule has 3 rings (SSSR count). The lowest BCUT2D eigenvalue weighted by Crippen LogP contribution is -2.20. The molecule has 0 amide bonds. The minimum absolute atomic E-state index is 0.188. The summed E-state index contributed by atoms with van der Waals surface area (Å²) in [4.78, 5) is 0. The van der Waals surface area contributed by atoms with Crippen LogP contribution in [-0.4, -0.2) is 21.7 Å². The lowest BCUT2D eigenvalue weighted by Gasteiger charge is -2.27. The van der Waals surface area contributed by atoms with Crippen molar-refractivity contribution in [2.24, 2.45) is 0 Å². The van der Waals surface area contributed by atoms with Crippen LogP contribution in [-0.2, 0) is 0 Å². The van der Waals surface area contributed by atoms with E-state index in [1.807, 2.05) is 23.9 Å². The average molecular weight is 329 g/mol. The van der Waals surface area contributed by atoms with Crippen LogP contribution in [0.3, 0.4) is 0 Å². The van der Waals surface area contributed by atoms with E-state index in [4.69, 9.17) is 23.2 Å². The van der Waals surface area contributed by atoms with Gasteiger partial charge in [-0.05, 0) is 42.5 Å². The number of hydrogen-bond donors (Lipinski definition) is 1. The summed E-state index contributed by atoms with van der Waals surface area (Å²) >= 11 is 14.1. The molecule has 0 radical (unpaired) electrons. The Kier molecular flexibility index (Phi) is 4.37. The quantitative estimate of drug-likeness (QED) is 0.824. The van der Waals surface area contributed by atoms with Crippen LogP contribution in [0.25, 0.3) is 5.57 Å². The van der Waals surface area contributed by atoms with Crippen molar-refractivity contribution < 1.29 is 5.11 Å². The van der Waals surface area contributed by atoms with Crippen LogP contribution in [0, 0.1) is 0 Å². The van der Waals surface area contributed by atoms with Crippen LogP contribution in [0.1, 0.15) is 38.2 Å². The van der Waals surface area contributed by atoms with E-state index < -0.39 is 0 Å². The Hall–Kier alpha value is -0.150. The fraction of sp³-hybridized carbons (Fsp3) is 0.500. The van der Waals surface area contributed by atoms with E-state index >= 15 is 0 Å². The van der Waals surface area contributed by atoms with Crippen molar-refractivity contribution in [3.8, 4) is 0 Å². The van der Waals surface area contributed by atoms with Crippen LogP contribution in [0.5, 0.6) is 0 Å². The first-order chi connectivity index (χ1) is 9.60. The Morgan fingerprint density at radius 2 is 2.10 bits per heavy atom. The van der Waals surface area contributed by atoms with Gasteiger partial charge in [0.1, 0.15) is 0 Å². The maximum atomic E-state index is 10.3. The number of rotatable bonds is 3. The van der Waals surface area contributed by atoms with Gasteiger partial charge in [0.2, 0.25) is 0 Å². The van der Waals surface area contributed by atoms with Gasteiger partial charge in [-0.3, -0.25) is 0 Å². The van der Waals surface area contributed by atoms with Gasteiger partial charge in [0, 0.05) is 5.25 Å². The molecule has 2 heterocycles. The van der Waals surface area contributed by atoms with Crippen molar-refractivity contribution in [1.82, 2.24) is 0 Å². The number of benzene rings is 1. The van der Waals surface area contributed by atoms with E-state index in [0.29, 0.717) is 15.3 Å². The van der Waals surface area contributed by atoms with E-state index in [9.17, 15) is 5.11 Å². The Morgan fingerprint density at radius 1 is 1.30 bits per heavy atom. The lowest BCUT2D eigenvalue weighted by atomic mass is 9.92. The van der Waals surface area contributed by atoms with Gasteiger partial charge in [-0.15, -0.1) is 11.8 Å². The zero-order valence-electron chi connectivity index (χ0n) is 11.4. The number of halogens is 2. The number of thioether (sulfide) groups is 1. The molecular formula is C16H18Cl2OS. The van der Waals surface area contributed by atoms with Crippen LogP contribution in [0.15, 0.2) is 23.8 Å². The largest absolute Gasteiger partial charge is 0.392 e. The highest BCUT2D eigenvalue weighted by Crippen LogP contribution is 2.50. The third-order valence-electron chi connectivity index (χ3n) is 4.14. The van der Waals surface area contributed by atoms with Gasteiger partial charge in [-0.1, -0.05) is 48.2 Å². The molecule has 3 atom stereocenters. The summed E-state index contributed by atoms with van der Waals surface area (Å²) in [5.74, 6) is 0. The predicted octanol–water partition coefficient (Wildman–Crippen LogP) is 5.19. The van der Waals surface area contributed by atoms with E-state index in [1.54, 1.807) is 0 Å². The van der Waals surface area contributed by atoms with Crippen LogP contribution in [0.2, 0.25) is 10.0 Å². The van der Waals surface area contributed by atoms with Gasteiger partial charge in [0.15, 0.2) is 0 Å². The molecule has 0 aromatic heterocycles. The second-order valence-electron chi connectivity index (χ2n) is 5.57. The normalized spacial score (nSPS) is 29.1. The van der Waals surface area contributed by atoms with E-state index in [2.05, 4.69) is 13.0 Å². The monoisotopic (exact) mass is 328 g/mol. The molecule has 1 aromatic carbocycles. The highest BCUT2D eigenvalue weighted by Gasteiger charge is 2.41. The summed E-state index contributed by atoms with van der Waals surface area (Å²) in [7, 11) is 0. The van der Waals surface area contributed by atoms with Crippen LogP contribution < -0.4 is 0 Å². The molecule has 1 saturated heterocycles. The third-order valence-corrected chi connectivity index (χ3v) is 6.52. The zero-order valence-corrected chi connectivity index (χ0v) is 13.7. The van der Waals surface area contributed by atoms with Crippen molar-refractivity contribution >= 4 is 40.5 Å². The molecule has 20 heavy (non-hydrogen) atoms. The highest BCUT2D eigenvalue weighted by atomic mass is 35.5. The van der Waals surface area contributed by atoms with Crippen molar-refractivity contribution in [2.75, 3.05) is 0 Å². The second kappa shape index (κ2) is 5.92. The Labute approximate surface area is 134 Å². The molecule has 4 heteroatoms. The number of fused-ring (bicyclic) bond motifs is 2. The number of aliphatic hydroxyl groups is 1. The molecule has 2 unspecified atom stereocenters. The van der Waals surface area contributed by atoms with Crippen molar-refractivity contribution in [2.45, 2.75) is 49.2 Å². The minimum atomic E-state index is -0.188. The lowest BCUT2D eigenvalue weighted by molar-refractivity contribution is 0.179. The van der Waals surface area contributed by atoms with Crippen LogP contribution in [0.4, 0.5) is 0 Å². The maximum Gasteiger partial charge on any atom is 0.0707 e. The Morgan fingerprint density at radius 3 is 2.80 bits per heavy atom. The van der Waals surface area contributed by atoms with Crippen molar-refractivity contribution in [1.29, 1.82) is 0 Å². The maximum absolute atomic E-state index is 10.3. The molecule has 2 aliphatic heterocycles. The van der Waals surface area contributed by atoms with E-state index in [-0.39, 0.29) is 11.4 Å². The van der Waals surface area contributed by atoms with Crippen molar-refractivity contribution in [3.05, 3.63) is 39.4 Å². The Bertz CT molecular complexity index is 555. The van der Waals surface area contributed by atoms with Gasteiger partial charge in [0.05, 0.1) is 21.4 Å². The first kappa shape index (κ1) is 14.8. The predicted molar refractivity (Wildman–Crippen MR) is 88.7 cm³/mol. The molecule has 2 aliphatic rings. The van der Waals surface area contributed by atoms with E-state index in [1.165, 1.54) is 16.7 Å². The molecule has 1 N–H and O–H groups in total. The van der Waals surface area contributed by atoms with Gasteiger partial charge in [0.25, 0.3) is 0 Å². The van der Waals surface area contributed by atoms with Gasteiger partial charge >= 0.3 is 0 Å². The summed E-state index contributed by atoms with van der Waals surface area (Å²) in [6.07, 6.45) is 3.91. The molecule has 108 valence electrons. The molecule has 1 fully saturated rings. The zero-order chi connectivity index (χ0) is 14.3. The second-order valence-corrected chi connectivity index (χ2v) is 7.83. The van der Waals surface area contributed by atoms with E-state index in [0.717, 1.165) is 25.7 Å². The smallest absolute Gasteiger partial charge is 0.0707 e. The first-order valence-corrected chi connectivity index (χ1v) is 8.81. The highest BCUT2D eigenvalue weighted by molar-refractivity contribution is 8.01. The minimum Gasteiger partial charge on any atom is -0.392 e. The van der Waals surface area contributed by atoms with Gasteiger partial charge in [-0.2, -0.15) is 0 Å². The number of hydrogen-bond acceptors (Lipinski definition) is 2. The number of allylic oxidation sites excluding steroid dienone is 1. The number of aliphatic hydroxyl groups excluding tert-OH is 1. The summed E-state index contributed by atoms with van der Waals surface area (Å²) in [6.45, 7) is 2.19. The fourth-order valence-corrected chi connectivity index (χ4v) is 5.27. The first-order valence-electron chi connectivity index (χ1n) is 7.11. The summed E-state index contributed by atoms with van der Waals surface area (Å²) in [5.41, 5.74) is 3.97. The molecular weight excluding hydrogens is 311 g/mol. The van der Waals surface area contributed by atoms with Gasteiger partial charge in [-0.25, -0.2) is 0 Å². The SMILES string of the molecule is CCCC1=C(c2ccc(Cl)c(Cl)c2)CC2CC(O)[C@@H]1S2. The van der Waals surface area contributed by atoms with Crippen molar-refractivity contribution in [3.63, 3.8) is 0 Å².